The number of hydrogen-bond donors (Lipinski definition) is 1. The van der Waals surface area contributed by atoms with Gasteiger partial charge >= 0.3 is 6.61 Å². The van der Waals surface area contributed by atoms with Crippen molar-refractivity contribution in [3.05, 3.63) is 29.8 Å². The monoisotopic (exact) mass is 298 g/mol. The molecule has 0 aliphatic carbocycles. The van der Waals surface area contributed by atoms with Crippen LogP contribution in [-0.4, -0.2) is 31.1 Å². The van der Waals surface area contributed by atoms with Gasteiger partial charge in [0.15, 0.2) is 0 Å². The van der Waals surface area contributed by atoms with Crippen LogP contribution in [0.4, 0.5) is 8.78 Å². The first-order valence-electron chi connectivity index (χ1n) is 7.50. The van der Waals surface area contributed by atoms with E-state index in [0.29, 0.717) is 18.4 Å². The molecule has 1 aliphatic rings. The standard InChI is InChI=1S/C16H24F2N2O/c1-11-7-8-20(10-14(11)9-19)12(2)13-3-5-15(6-4-13)21-16(17)18/h3-6,11-12,14,16H,7-10,19H2,1-2H3. The van der Waals surface area contributed by atoms with E-state index < -0.39 is 6.61 Å². The minimum absolute atomic E-state index is 0.202. The summed E-state index contributed by atoms with van der Waals surface area (Å²) in [6.07, 6.45) is 1.15. The highest BCUT2D eigenvalue weighted by atomic mass is 19.3. The van der Waals surface area contributed by atoms with Crippen molar-refractivity contribution >= 4 is 0 Å². The number of nitrogens with two attached hydrogens (primary N) is 1. The quantitative estimate of drug-likeness (QED) is 0.906. The highest BCUT2D eigenvalue weighted by molar-refractivity contribution is 5.29. The maximum absolute atomic E-state index is 12.1. The van der Waals surface area contributed by atoms with Crippen LogP contribution in [0.3, 0.4) is 0 Å². The molecule has 1 saturated heterocycles. The van der Waals surface area contributed by atoms with Crippen molar-refractivity contribution in [2.75, 3.05) is 19.6 Å². The van der Waals surface area contributed by atoms with Gasteiger partial charge in [-0.3, -0.25) is 4.90 Å². The van der Waals surface area contributed by atoms with Gasteiger partial charge < -0.3 is 10.5 Å². The van der Waals surface area contributed by atoms with E-state index in [0.717, 1.165) is 25.1 Å². The zero-order chi connectivity index (χ0) is 15.4. The van der Waals surface area contributed by atoms with Gasteiger partial charge in [-0.1, -0.05) is 19.1 Å². The second-order valence-corrected chi connectivity index (χ2v) is 5.88. The molecular formula is C16H24F2N2O. The fourth-order valence-electron chi connectivity index (χ4n) is 2.97. The van der Waals surface area contributed by atoms with Crippen LogP contribution >= 0.6 is 0 Å². The predicted molar refractivity (Wildman–Crippen MR) is 79.4 cm³/mol. The van der Waals surface area contributed by atoms with Gasteiger partial charge in [-0.05, 0) is 56.0 Å². The van der Waals surface area contributed by atoms with Gasteiger partial charge in [0.1, 0.15) is 5.75 Å². The lowest BCUT2D eigenvalue weighted by molar-refractivity contribution is -0.0498. The van der Waals surface area contributed by atoms with Gasteiger partial charge in [0.25, 0.3) is 0 Å². The number of benzene rings is 1. The molecule has 0 saturated carbocycles. The molecule has 0 bridgehead atoms. The molecule has 2 rings (SSSR count). The van der Waals surface area contributed by atoms with Crippen LogP contribution in [0.2, 0.25) is 0 Å². The molecular weight excluding hydrogens is 274 g/mol. The van der Waals surface area contributed by atoms with Crippen molar-refractivity contribution in [2.45, 2.75) is 32.9 Å². The van der Waals surface area contributed by atoms with Crippen LogP contribution in [0.5, 0.6) is 5.75 Å². The van der Waals surface area contributed by atoms with Crippen LogP contribution < -0.4 is 10.5 Å². The van der Waals surface area contributed by atoms with E-state index in [1.165, 1.54) is 0 Å². The number of halogens is 2. The Hall–Kier alpha value is -1.20. The van der Waals surface area contributed by atoms with Gasteiger partial charge in [0, 0.05) is 12.6 Å². The van der Waals surface area contributed by atoms with E-state index in [9.17, 15) is 8.78 Å². The largest absolute Gasteiger partial charge is 0.435 e. The lowest BCUT2D eigenvalue weighted by Crippen LogP contribution is -2.43. The fourth-order valence-corrected chi connectivity index (χ4v) is 2.97. The van der Waals surface area contributed by atoms with Crippen LogP contribution in [0.1, 0.15) is 31.9 Å². The van der Waals surface area contributed by atoms with Gasteiger partial charge in [0.05, 0.1) is 0 Å². The Morgan fingerprint density at radius 2 is 2.00 bits per heavy atom. The van der Waals surface area contributed by atoms with Crippen LogP contribution in [0.15, 0.2) is 24.3 Å². The van der Waals surface area contributed by atoms with Crippen LogP contribution in [-0.2, 0) is 0 Å². The lowest BCUT2D eigenvalue weighted by Gasteiger charge is -2.40. The molecule has 1 aliphatic heterocycles. The minimum Gasteiger partial charge on any atom is -0.435 e. The zero-order valence-corrected chi connectivity index (χ0v) is 12.6. The summed E-state index contributed by atoms with van der Waals surface area (Å²) in [5.41, 5.74) is 6.96. The molecule has 0 spiro atoms. The first-order valence-corrected chi connectivity index (χ1v) is 7.50. The number of hydrogen-bond acceptors (Lipinski definition) is 3. The summed E-state index contributed by atoms with van der Waals surface area (Å²) >= 11 is 0. The Kier molecular flexibility index (Phi) is 5.53. The molecule has 2 N–H and O–H groups in total. The summed E-state index contributed by atoms with van der Waals surface area (Å²) in [7, 11) is 0. The summed E-state index contributed by atoms with van der Waals surface area (Å²) in [5, 5.41) is 0. The molecule has 21 heavy (non-hydrogen) atoms. The molecule has 3 unspecified atom stereocenters. The van der Waals surface area contributed by atoms with Crippen molar-refractivity contribution in [2.24, 2.45) is 17.6 Å². The highest BCUT2D eigenvalue weighted by Gasteiger charge is 2.28. The molecule has 1 aromatic rings. The fraction of sp³-hybridized carbons (Fsp3) is 0.625. The second kappa shape index (κ2) is 7.18. The van der Waals surface area contributed by atoms with Crippen LogP contribution in [0, 0.1) is 11.8 Å². The summed E-state index contributed by atoms with van der Waals surface area (Å²) in [4.78, 5) is 2.42. The number of ether oxygens (including phenoxy) is 1. The van der Waals surface area contributed by atoms with Crippen molar-refractivity contribution in [3.63, 3.8) is 0 Å². The van der Waals surface area contributed by atoms with E-state index in [2.05, 4.69) is 23.5 Å². The first-order chi connectivity index (χ1) is 10.0. The first kappa shape index (κ1) is 16.2. The summed E-state index contributed by atoms with van der Waals surface area (Å²) in [6.45, 7) is 4.39. The van der Waals surface area contributed by atoms with Gasteiger partial charge in [-0.15, -0.1) is 0 Å². The molecule has 5 heteroatoms. The SMILES string of the molecule is CC1CCN(C(C)c2ccc(OC(F)F)cc2)CC1CN. The van der Waals surface area contributed by atoms with E-state index in [1.807, 2.05) is 12.1 Å². The zero-order valence-electron chi connectivity index (χ0n) is 12.6. The topological polar surface area (TPSA) is 38.5 Å². The van der Waals surface area contributed by atoms with Crippen molar-refractivity contribution in [1.82, 2.24) is 4.90 Å². The molecule has 1 heterocycles. The van der Waals surface area contributed by atoms with Crippen molar-refractivity contribution in [3.8, 4) is 5.75 Å². The van der Waals surface area contributed by atoms with E-state index in [1.54, 1.807) is 12.1 Å². The number of nitrogens with zero attached hydrogens (tertiary/aromatic N) is 1. The summed E-state index contributed by atoms with van der Waals surface area (Å²) < 4.78 is 28.7. The van der Waals surface area contributed by atoms with E-state index in [4.69, 9.17) is 5.73 Å². The average Bonchev–Trinajstić information content (AvgIpc) is 2.47. The van der Waals surface area contributed by atoms with Crippen molar-refractivity contribution in [1.29, 1.82) is 0 Å². The van der Waals surface area contributed by atoms with E-state index >= 15 is 0 Å². The van der Waals surface area contributed by atoms with Crippen molar-refractivity contribution < 1.29 is 13.5 Å². The molecule has 0 aromatic heterocycles. The third-order valence-electron chi connectivity index (χ3n) is 4.58. The smallest absolute Gasteiger partial charge is 0.387 e. The molecule has 1 fully saturated rings. The number of rotatable bonds is 5. The average molecular weight is 298 g/mol. The minimum atomic E-state index is -2.78. The molecule has 3 nitrogen and oxygen atoms in total. The Bertz CT molecular complexity index is 438. The Morgan fingerprint density at radius 1 is 1.33 bits per heavy atom. The normalized spacial score (nSPS) is 25.0. The maximum atomic E-state index is 12.1. The second-order valence-electron chi connectivity index (χ2n) is 5.88. The predicted octanol–water partition coefficient (Wildman–Crippen LogP) is 3.27. The molecule has 0 radical (unpaired) electrons. The Balaban J connectivity index is 2.00. The summed E-state index contributed by atoms with van der Waals surface area (Å²) in [6, 6.07) is 7.18. The highest BCUT2D eigenvalue weighted by Crippen LogP contribution is 2.30. The van der Waals surface area contributed by atoms with Gasteiger partial charge in [-0.2, -0.15) is 8.78 Å². The van der Waals surface area contributed by atoms with Gasteiger partial charge in [0.2, 0.25) is 0 Å². The third-order valence-corrected chi connectivity index (χ3v) is 4.58. The number of alkyl halides is 2. The molecule has 1 aromatic carbocycles. The maximum Gasteiger partial charge on any atom is 0.387 e. The molecule has 118 valence electrons. The van der Waals surface area contributed by atoms with Gasteiger partial charge in [-0.25, -0.2) is 0 Å². The Labute approximate surface area is 125 Å². The Morgan fingerprint density at radius 3 is 2.57 bits per heavy atom. The van der Waals surface area contributed by atoms with Crippen LogP contribution in [0.25, 0.3) is 0 Å². The third kappa shape index (κ3) is 4.14. The lowest BCUT2D eigenvalue weighted by atomic mass is 9.86. The number of likely N-dealkylation sites (tertiary alicyclic amines) is 1. The summed E-state index contributed by atoms with van der Waals surface area (Å²) in [5.74, 6) is 1.40. The van der Waals surface area contributed by atoms with E-state index in [-0.39, 0.29) is 11.8 Å². The molecule has 0 amide bonds. The molecule has 3 atom stereocenters. The number of piperidine rings is 1.